The van der Waals surface area contributed by atoms with E-state index in [1.54, 1.807) is 0 Å². The lowest BCUT2D eigenvalue weighted by molar-refractivity contribution is -0.142. The molecular formula is C14H25NO3. The number of amides is 1. The van der Waals surface area contributed by atoms with Gasteiger partial charge in [0, 0.05) is 6.42 Å². The summed E-state index contributed by atoms with van der Waals surface area (Å²) in [7, 11) is 0. The van der Waals surface area contributed by atoms with Gasteiger partial charge in [0.05, 0.1) is 0 Å². The molecule has 0 spiro atoms. The van der Waals surface area contributed by atoms with Gasteiger partial charge in [-0.25, -0.2) is 4.79 Å². The van der Waals surface area contributed by atoms with Crippen LogP contribution in [0.25, 0.3) is 0 Å². The molecule has 1 unspecified atom stereocenters. The fourth-order valence-electron chi connectivity index (χ4n) is 2.76. The van der Waals surface area contributed by atoms with Crippen LogP contribution < -0.4 is 5.32 Å². The molecule has 1 saturated carbocycles. The van der Waals surface area contributed by atoms with Gasteiger partial charge >= 0.3 is 5.97 Å². The van der Waals surface area contributed by atoms with Crippen molar-refractivity contribution in [1.29, 1.82) is 0 Å². The van der Waals surface area contributed by atoms with Crippen LogP contribution in [0.15, 0.2) is 0 Å². The van der Waals surface area contributed by atoms with Gasteiger partial charge in [-0.2, -0.15) is 0 Å². The molecule has 1 rings (SSSR count). The van der Waals surface area contributed by atoms with Gasteiger partial charge < -0.3 is 10.4 Å². The van der Waals surface area contributed by atoms with E-state index in [0.717, 1.165) is 19.3 Å². The van der Waals surface area contributed by atoms with Gasteiger partial charge in [-0.05, 0) is 24.7 Å². The maximum atomic E-state index is 11.9. The van der Waals surface area contributed by atoms with E-state index in [1.807, 2.05) is 6.92 Å². The minimum atomic E-state index is -0.931. The van der Waals surface area contributed by atoms with Crippen molar-refractivity contribution in [2.24, 2.45) is 5.41 Å². The molecule has 1 fully saturated rings. The number of carboxylic acids is 1. The van der Waals surface area contributed by atoms with Crippen molar-refractivity contribution in [3.63, 3.8) is 0 Å². The van der Waals surface area contributed by atoms with E-state index < -0.39 is 12.0 Å². The molecular weight excluding hydrogens is 230 g/mol. The molecule has 4 nitrogen and oxygen atoms in total. The summed E-state index contributed by atoms with van der Waals surface area (Å²) in [4.78, 5) is 22.9. The summed E-state index contributed by atoms with van der Waals surface area (Å²) in [5, 5.41) is 11.7. The normalized spacial score (nSPS) is 20.1. The molecule has 1 aliphatic carbocycles. The number of hydrogen-bond acceptors (Lipinski definition) is 2. The summed E-state index contributed by atoms with van der Waals surface area (Å²) >= 11 is 0. The van der Waals surface area contributed by atoms with E-state index in [0.29, 0.717) is 12.8 Å². The molecule has 0 aromatic rings. The molecule has 0 aromatic heterocycles. The van der Waals surface area contributed by atoms with Crippen LogP contribution in [0.2, 0.25) is 0 Å². The SMILES string of the molecule is CCCC(NC(=O)CC1(C)CCCCC1)C(=O)O. The van der Waals surface area contributed by atoms with Crippen molar-refractivity contribution in [3.05, 3.63) is 0 Å². The smallest absolute Gasteiger partial charge is 0.326 e. The molecule has 0 heterocycles. The fourth-order valence-corrected chi connectivity index (χ4v) is 2.76. The van der Waals surface area contributed by atoms with Crippen molar-refractivity contribution in [3.8, 4) is 0 Å². The van der Waals surface area contributed by atoms with Gasteiger partial charge in [0.15, 0.2) is 0 Å². The number of rotatable bonds is 6. The fraction of sp³-hybridized carbons (Fsp3) is 0.857. The van der Waals surface area contributed by atoms with Crippen LogP contribution in [-0.4, -0.2) is 23.0 Å². The standard InChI is InChI=1S/C14H25NO3/c1-3-7-11(13(17)18)15-12(16)10-14(2)8-5-4-6-9-14/h11H,3-10H2,1-2H3,(H,15,16)(H,17,18). The number of carbonyl (C=O) groups is 2. The van der Waals surface area contributed by atoms with Crippen LogP contribution in [0, 0.1) is 5.41 Å². The lowest BCUT2D eigenvalue weighted by Gasteiger charge is -2.33. The lowest BCUT2D eigenvalue weighted by atomic mass is 9.73. The zero-order valence-corrected chi connectivity index (χ0v) is 11.5. The number of aliphatic carboxylic acids is 1. The molecule has 0 radical (unpaired) electrons. The molecule has 0 aromatic carbocycles. The third-order valence-electron chi connectivity index (χ3n) is 3.86. The third kappa shape index (κ3) is 4.67. The second-order valence-electron chi connectivity index (χ2n) is 5.80. The second kappa shape index (κ2) is 6.76. The first kappa shape index (κ1) is 15.0. The molecule has 0 aliphatic heterocycles. The zero-order valence-electron chi connectivity index (χ0n) is 11.5. The van der Waals surface area contributed by atoms with Crippen molar-refractivity contribution >= 4 is 11.9 Å². The van der Waals surface area contributed by atoms with Gasteiger partial charge in [-0.15, -0.1) is 0 Å². The Morgan fingerprint density at radius 3 is 2.39 bits per heavy atom. The Balaban J connectivity index is 2.46. The minimum Gasteiger partial charge on any atom is -0.480 e. The van der Waals surface area contributed by atoms with Crippen LogP contribution >= 0.6 is 0 Å². The zero-order chi connectivity index (χ0) is 13.6. The van der Waals surface area contributed by atoms with Gasteiger partial charge in [0.2, 0.25) is 5.91 Å². The maximum absolute atomic E-state index is 11.9. The number of carbonyl (C=O) groups excluding carboxylic acids is 1. The quantitative estimate of drug-likeness (QED) is 0.767. The molecule has 0 saturated heterocycles. The van der Waals surface area contributed by atoms with E-state index in [2.05, 4.69) is 12.2 Å². The molecule has 18 heavy (non-hydrogen) atoms. The van der Waals surface area contributed by atoms with E-state index in [9.17, 15) is 9.59 Å². The monoisotopic (exact) mass is 255 g/mol. The Kier molecular flexibility index (Phi) is 5.63. The molecule has 1 amide bonds. The maximum Gasteiger partial charge on any atom is 0.326 e. The van der Waals surface area contributed by atoms with Crippen molar-refractivity contribution in [2.45, 2.75) is 71.3 Å². The predicted octanol–water partition coefficient (Wildman–Crippen LogP) is 2.72. The molecule has 0 bridgehead atoms. The highest BCUT2D eigenvalue weighted by atomic mass is 16.4. The highest BCUT2D eigenvalue weighted by Crippen LogP contribution is 2.38. The first-order valence-corrected chi connectivity index (χ1v) is 6.99. The summed E-state index contributed by atoms with van der Waals surface area (Å²) in [6, 6.07) is -0.727. The van der Waals surface area contributed by atoms with Crippen LogP contribution in [0.3, 0.4) is 0 Å². The molecule has 4 heteroatoms. The van der Waals surface area contributed by atoms with Gasteiger partial charge in [-0.3, -0.25) is 4.79 Å². The molecule has 1 atom stereocenters. The van der Waals surface area contributed by atoms with Crippen LogP contribution in [-0.2, 0) is 9.59 Å². The third-order valence-corrected chi connectivity index (χ3v) is 3.86. The molecule has 2 N–H and O–H groups in total. The largest absolute Gasteiger partial charge is 0.480 e. The van der Waals surface area contributed by atoms with E-state index >= 15 is 0 Å². The minimum absolute atomic E-state index is 0.0671. The Hall–Kier alpha value is -1.06. The summed E-state index contributed by atoms with van der Waals surface area (Å²) in [5.74, 6) is -1.04. The average Bonchev–Trinajstić information content (AvgIpc) is 2.28. The van der Waals surface area contributed by atoms with Gasteiger partial charge in [0.1, 0.15) is 6.04 Å². The van der Waals surface area contributed by atoms with E-state index in [4.69, 9.17) is 5.11 Å². The molecule has 1 aliphatic rings. The number of carboxylic acid groups (broad SMARTS) is 1. The van der Waals surface area contributed by atoms with E-state index in [-0.39, 0.29) is 11.3 Å². The Morgan fingerprint density at radius 1 is 1.28 bits per heavy atom. The van der Waals surface area contributed by atoms with Crippen molar-refractivity contribution in [1.82, 2.24) is 5.32 Å². The van der Waals surface area contributed by atoms with Crippen LogP contribution in [0.5, 0.6) is 0 Å². The highest BCUT2D eigenvalue weighted by Gasteiger charge is 2.30. The number of hydrogen-bond donors (Lipinski definition) is 2. The Bertz CT molecular complexity index is 295. The summed E-state index contributed by atoms with van der Waals surface area (Å²) in [6.07, 6.45) is 7.48. The Labute approximate surface area is 109 Å². The molecule has 104 valence electrons. The van der Waals surface area contributed by atoms with Crippen LogP contribution in [0.1, 0.15) is 65.2 Å². The van der Waals surface area contributed by atoms with Crippen molar-refractivity contribution < 1.29 is 14.7 Å². The Morgan fingerprint density at radius 2 is 1.89 bits per heavy atom. The first-order chi connectivity index (χ1) is 8.47. The van der Waals surface area contributed by atoms with E-state index in [1.165, 1.54) is 19.3 Å². The van der Waals surface area contributed by atoms with Gasteiger partial charge in [0.25, 0.3) is 0 Å². The second-order valence-corrected chi connectivity index (χ2v) is 5.80. The van der Waals surface area contributed by atoms with Crippen molar-refractivity contribution in [2.75, 3.05) is 0 Å². The average molecular weight is 255 g/mol. The lowest BCUT2D eigenvalue weighted by Crippen LogP contribution is -2.42. The summed E-state index contributed by atoms with van der Waals surface area (Å²) in [5.41, 5.74) is 0.0671. The predicted molar refractivity (Wildman–Crippen MR) is 70.3 cm³/mol. The van der Waals surface area contributed by atoms with Gasteiger partial charge in [-0.1, -0.05) is 39.5 Å². The summed E-state index contributed by atoms with van der Waals surface area (Å²) in [6.45, 7) is 4.06. The van der Waals surface area contributed by atoms with Crippen LogP contribution in [0.4, 0.5) is 0 Å². The first-order valence-electron chi connectivity index (χ1n) is 6.99. The highest BCUT2D eigenvalue weighted by molar-refractivity contribution is 5.83. The number of nitrogens with one attached hydrogen (secondary N) is 1. The summed E-state index contributed by atoms with van der Waals surface area (Å²) < 4.78 is 0. The topological polar surface area (TPSA) is 66.4 Å².